The van der Waals surface area contributed by atoms with Crippen LogP contribution in [0.5, 0.6) is 0 Å². The summed E-state index contributed by atoms with van der Waals surface area (Å²) in [5, 5.41) is 0.989. The summed E-state index contributed by atoms with van der Waals surface area (Å²) >= 11 is 0. The molecule has 0 unspecified atom stereocenters. The number of benzene rings is 1. The molecule has 1 N–H and O–H groups in total. The van der Waals surface area contributed by atoms with Crippen molar-refractivity contribution >= 4 is 16.8 Å². The fourth-order valence-corrected chi connectivity index (χ4v) is 2.96. The molecule has 3 aromatic rings. The molecule has 0 saturated carbocycles. The number of aromatic amines is 1. The molecule has 0 aliphatic heterocycles. The Morgan fingerprint density at radius 1 is 1.24 bits per heavy atom. The van der Waals surface area contributed by atoms with Gasteiger partial charge in [-0.2, -0.15) is 0 Å². The Morgan fingerprint density at radius 2 is 2.04 bits per heavy atom. The van der Waals surface area contributed by atoms with Crippen LogP contribution in [0.3, 0.4) is 0 Å². The number of carbonyl (C=O) groups is 1. The molecule has 0 fully saturated rings. The van der Waals surface area contributed by atoms with E-state index in [9.17, 15) is 4.79 Å². The van der Waals surface area contributed by atoms with Crippen LogP contribution >= 0.6 is 0 Å². The Hall–Kier alpha value is -2.60. The minimum Gasteiger partial charge on any atom is -0.351 e. The molecule has 0 bridgehead atoms. The van der Waals surface area contributed by atoms with Gasteiger partial charge in [0.05, 0.1) is 18.6 Å². The molecular weight excluding hydrogens is 314 g/mol. The number of likely N-dealkylation sites (N-methyl/N-ethyl adjacent to an activating group) is 1. The number of carbonyl (C=O) groups excluding carboxylic acids is 1. The minimum atomic E-state index is 0.0426. The van der Waals surface area contributed by atoms with Gasteiger partial charge in [-0.1, -0.05) is 6.07 Å². The van der Waals surface area contributed by atoms with Crippen molar-refractivity contribution in [2.24, 2.45) is 7.05 Å². The lowest BCUT2D eigenvalue weighted by Crippen LogP contribution is -2.36. The summed E-state index contributed by atoms with van der Waals surface area (Å²) in [4.78, 5) is 24.7. The van der Waals surface area contributed by atoms with Gasteiger partial charge >= 0.3 is 0 Å². The van der Waals surface area contributed by atoms with Crippen LogP contribution in [0.25, 0.3) is 10.9 Å². The van der Waals surface area contributed by atoms with E-state index in [-0.39, 0.29) is 5.91 Å². The smallest absolute Gasteiger partial charge is 0.254 e. The molecule has 0 saturated heterocycles. The number of nitrogens with zero attached hydrogens (tertiary/aromatic N) is 4. The van der Waals surface area contributed by atoms with Crippen LogP contribution in [0.15, 0.2) is 36.8 Å². The molecular formula is C19H25N5O. The van der Waals surface area contributed by atoms with Crippen LogP contribution in [0.2, 0.25) is 0 Å². The molecule has 6 heteroatoms. The van der Waals surface area contributed by atoms with Gasteiger partial charge in [0.2, 0.25) is 0 Å². The van der Waals surface area contributed by atoms with Crippen LogP contribution in [0.1, 0.15) is 21.7 Å². The highest BCUT2D eigenvalue weighted by Gasteiger charge is 2.20. The van der Waals surface area contributed by atoms with Gasteiger partial charge < -0.3 is 19.4 Å². The Bertz CT molecular complexity index is 877. The lowest BCUT2D eigenvalue weighted by atomic mass is 10.1. The molecule has 0 atom stereocenters. The Morgan fingerprint density at radius 3 is 2.72 bits per heavy atom. The van der Waals surface area contributed by atoms with Gasteiger partial charge in [-0.25, -0.2) is 4.98 Å². The van der Waals surface area contributed by atoms with Crippen molar-refractivity contribution in [2.45, 2.75) is 13.5 Å². The van der Waals surface area contributed by atoms with Crippen molar-refractivity contribution in [3.63, 3.8) is 0 Å². The minimum absolute atomic E-state index is 0.0426. The maximum Gasteiger partial charge on any atom is 0.254 e. The van der Waals surface area contributed by atoms with Crippen LogP contribution in [-0.4, -0.2) is 57.4 Å². The van der Waals surface area contributed by atoms with Crippen LogP contribution in [0.4, 0.5) is 0 Å². The molecule has 6 nitrogen and oxygen atoms in total. The van der Waals surface area contributed by atoms with E-state index in [1.807, 2.05) is 68.0 Å². The SMILES string of the molecule is Cc1[nH]cnc1CN(CCN(C)C)C(=O)c1cccc2c1ccn2C. The number of aromatic nitrogens is 3. The number of amides is 1. The number of fused-ring (bicyclic) bond motifs is 1. The van der Waals surface area contributed by atoms with Crippen molar-refractivity contribution < 1.29 is 4.79 Å². The highest BCUT2D eigenvalue weighted by molar-refractivity contribution is 6.06. The van der Waals surface area contributed by atoms with E-state index in [1.165, 1.54) is 0 Å². The molecule has 25 heavy (non-hydrogen) atoms. The molecule has 0 spiro atoms. The van der Waals surface area contributed by atoms with Crippen LogP contribution < -0.4 is 0 Å². The number of H-pyrrole nitrogens is 1. The molecule has 1 aromatic carbocycles. The first-order valence-electron chi connectivity index (χ1n) is 8.44. The highest BCUT2D eigenvalue weighted by Crippen LogP contribution is 2.22. The van der Waals surface area contributed by atoms with Gasteiger partial charge in [0, 0.05) is 48.5 Å². The van der Waals surface area contributed by atoms with E-state index in [1.54, 1.807) is 6.33 Å². The van der Waals surface area contributed by atoms with Gasteiger partial charge in [0.15, 0.2) is 0 Å². The summed E-state index contributed by atoms with van der Waals surface area (Å²) in [5.41, 5.74) is 3.72. The molecule has 0 radical (unpaired) electrons. The van der Waals surface area contributed by atoms with Crippen molar-refractivity contribution in [1.29, 1.82) is 0 Å². The first-order chi connectivity index (χ1) is 12.0. The molecule has 0 aliphatic rings. The van der Waals surface area contributed by atoms with Gasteiger partial charge in [-0.3, -0.25) is 4.79 Å². The molecule has 132 valence electrons. The fraction of sp³-hybridized carbons (Fsp3) is 0.368. The maximum atomic E-state index is 13.3. The summed E-state index contributed by atoms with van der Waals surface area (Å²) in [7, 11) is 6.02. The van der Waals surface area contributed by atoms with Crippen LogP contribution in [0, 0.1) is 6.92 Å². The molecule has 0 aliphatic carbocycles. The van der Waals surface area contributed by atoms with E-state index in [2.05, 4.69) is 14.9 Å². The van der Waals surface area contributed by atoms with E-state index in [0.29, 0.717) is 13.1 Å². The summed E-state index contributed by atoms with van der Waals surface area (Å²) < 4.78 is 2.04. The number of hydrogen-bond acceptors (Lipinski definition) is 3. The average Bonchev–Trinajstić information content (AvgIpc) is 3.17. The highest BCUT2D eigenvalue weighted by atomic mass is 16.2. The Labute approximate surface area is 148 Å². The third kappa shape index (κ3) is 3.58. The number of imidazole rings is 1. The van der Waals surface area contributed by atoms with Crippen molar-refractivity contribution in [3.05, 3.63) is 53.7 Å². The standard InChI is InChI=1S/C19H25N5O/c1-14-17(21-13-20-14)12-24(11-10-22(2)3)19(25)16-6-5-7-18-15(16)8-9-23(18)4/h5-9,13H,10-12H2,1-4H3,(H,20,21). The number of hydrogen-bond donors (Lipinski definition) is 1. The van der Waals surface area contributed by atoms with E-state index in [0.717, 1.165) is 34.4 Å². The predicted molar refractivity (Wildman–Crippen MR) is 99.5 cm³/mol. The summed E-state index contributed by atoms with van der Waals surface area (Å²) in [5.74, 6) is 0.0426. The van der Waals surface area contributed by atoms with Crippen molar-refractivity contribution in [2.75, 3.05) is 27.2 Å². The van der Waals surface area contributed by atoms with Gasteiger partial charge in [0.25, 0.3) is 5.91 Å². The number of nitrogens with one attached hydrogen (secondary N) is 1. The normalized spacial score (nSPS) is 11.4. The van der Waals surface area contributed by atoms with Crippen molar-refractivity contribution in [3.8, 4) is 0 Å². The van der Waals surface area contributed by atoms with Crippen LogP contribution in [-0.2, 0) is 13.6 Å². The lowest BCUT2D eigenvalue weighted by molar-refractivity contribution is 0.0732. The second-order valence-corrected chi connectivity index (χ2v) is 6.67. The maximum absolute atomic E-state index is 13.3. The lowest BCUT2D eigenvalue weighted by Gasteiger charge is -2.24. The molecule has 2 aromatic heterocycles. The number of aryl methyl sites for hydroxylation is 2. The Kier molecular flexibility index (Phi) is 4.90. The zero-order chi connectivity index (χ0) is 18.0. The molecule has 2 heterocycles. The summed E-state index contributed by atoms with van der Waals surface area (Å²) in [6.45, 7) is 3.95. The monoisotopic (exact) mass is 339 g/mol. The fourth-order valence-electron chi connectivity index (χ4n) is 2.96. The van der Waals surface area contributed by atoms with Gasteiger partial charge in [0.1, 0.15) is 0 Å². The zero-order valence-electron chi connectivity index (χ0n) is 15.3. The number of rotatable bonds is 6. The zero-order valence-corrected chi connectivity index (χ0v) is 15.3. The average molecular weight is 339 g/mol. The quantitative estimate of drug-likeness (QED) is 0.750. The third-order valence-electron chi connectivity index (χ3n) is 4.54. The van der Waals surface area contributed by atoms with E-state index < -0.39 is 0 Å². The first-order valence-corrected chi connectivity index (χ1v) is 8.44. The second-order valence-electron chi connectivity index (χ2n) is 6.67. The summed E-state index contributed by atoms with van der Waals surface area (Å²) in [6.07, 6.45) is 3.67. The molecule has 3 rings (SSSR count). The first kappa shape index (κ1) is 17.2. The summed E-state index contributed by atoms with van der Waals surface area (Å²) in [6, 6.07) is 7.89. The predicted octanol–water partition coefficient (Wildman–Crippen LogP) is 2.41. The third-order valence-corrected chi connectivity index (χ3v) is 4.54. The van der Waals surface area contributed by atoms with Crippen molar-refractivity contribution in [1.82, 2.24) is 24.3 Å². The van der Waals surface area contributed by atoms with E-state index in [4.69, 9.17) is 0 Å². The van der Waals surface area contributed by atoms with E-state index >= 15 is 0 Å². The largest absolute Gasteiger partial charge is 0.351 e. The van der Waals surface area contributed by atoms with Gasteiger partial charge in [-0.05, 0) is 39.2 Å². The topological polar surface area (TPSA) is 57.2 Å². The molecule has 1 amide bonds. The Balaban J connectivity index is 1.93. The second kappa shape index (κ2) is 7.11. The van der Waals surface area contributed by atoms with Gasteiger partial charge in [-0.15, -0.1) is 0 Å².